The molecule has 3 nitrogen and oxygen atoms in total. The highest BCUT2D eigenvalue weighted by atomic mass is 127. The summed E-state index contributed by atoms with van der Waals surface area (Å²) in [4.78, 5) is 0. The molecule has 2 aliphatic heterocycles. The molecule has 2 saturated heterocycles. The standard InChI is InChI=1S/C16H20ClIO3/c17-12-1-2-14(18)13(9-12)15(19)11-3-6-21-16(10-11)4-7-20-8-5-16/h1-2,9,11,15,19H,3-8,10H2. The lowest BCUT2D eigenvalue weighted by atomic mass is 9.77. The zero-order valence-corrected chi connectivity index (χ0v) is 14.8. The van der Waals surface area contributed by atoms with Crippen LogP contribution < -0.4 is 0 Å². The summed E-state index contributed by atoms with van der Waals surface area (Å²) in [5.74, 6) is 0.226. The molecule has 0 saturated carbocycles. The van der Waals surface area contributed by atoms with E-state index in [1.54, 1.807) is 0 Å². The van der Waals surface area contributed by atoms with Crippen LogP contribution in [0.2, 0.25) is 5.02 Å². The summed E-state index contributed by atoms with van der Waals surface area (Å²) in [6.45, 7) is 2.24. The van der Waals surface area contributed by atoms with Crippen LogP contribution in [0, 0.1) is 9.49 Å². The zero-order valence-electron chi connectivity index (χ0n) is 11.9. The van der Waals surface area contributed by atoms with E-state index in [0.717, 1.165) is 54.6 Å². The lowest BCUT2D eigenvalue weighted by Gasteiger charge is -2.44. The van der Waals surface area contributed by atoms with Crippen molar-refractivity contribution in [2.45, 2.75) is 37.4 Å². The summed E-state index contributed by atoms with van der Waals surface area (Å²) in [6, 6.07) is 5.72. The van der Waals surface area contributed by atoms with Gasteiger partial charge in [0, 0.05) is 28.4 Å². The van der Waals surface area contributed by atoms with Gasteiger partial charge in [-0.15, -0.1) is 0 Å². The topological polar surface area (TPSA) is 38.7 Å². The van der Waals surface area contributed by atoms with Crippen LogP contribution >= 0.6 is 34.2 Å². The number of hydrogen-bond acceptors (Lipinski definition) is 3. The Morgan fingerprint density at radius 1 is 1.29 bits per heavy atom. The van der Waals surface area contributed by atoms with Crippen molar-refractivity contribution in [1.82, 2.24) is 0 Å². The maximum Gasteiger partial charge on any atom is 0.0830 e. The van der Waals surface area contributed by atoms with E-state index in [-0.39, 0.29) is 11.5 Å². The van der Waals surface area contributed by atoms with E-state index in [1.165, 1.54) is 0 Å². The molecule has 2 heterocycles. The van der Waals surface area contributed by atoms with Crippen molar-refractivity contribution in [3.05, 3.63) is 32.4 Å². The van der Waals surface area contributed by atoms with Crippen molar-refractivity contribution in [3.8, 4) is 0 Å². The minimum absolute atomic E-state index is 0.0911. The van der Waals surface area contributed by atoms with Gasteiger partial charge in [0.1, 0.15) is 0 Å². The van der Waals surface area contributed by atoms with Gasteiger partial charge in [-0.1, -0.05) is 11.6 Å². The predicted octanol–water partition coefficient (Wildman–Crippen LogP) is 3.95. The van der Waals surface area contributed by atoms with Crippen molar-refractivity contribution < 1.29 is 14.6 Å². The fourth-order valence-corrected chi connectivity index (χ4v) is 4.26. The largest absolute Gasteiger partial charge is 0.388 e. The summed E-state index contributed by atoms with van der Waals surface area (Å²) in [5, 5.41) is 11.5. The van der Waals surface area contributed by atoms with Crippen LogP contribution in [-0.4, -0.2) is 30.5 Å². The molecule has 0 radical (unpaired) electrons. The monoisotopic (exact) mass is 422 g/mol. The van der Waals surface area contributed by atoms with E-state index in [4.69, 9.17) is 21.1 Å². The van der Waals surface area contributed by atoms with Gasteiger partial charge in [-0.25, -0.2) is 0 Å². The maximum atomic E-state index is 10.8. The number of rotatable bonds is 2. The highest BCUT2D eigenvalue weighted by Gasteiger charge is 2.41. The third-order valence-electron chi connectivity index (χ3n) is 4.66. The fourth-order valence-electron chi connectivity index (χ4n) is 3.42. The molecule has 21 heavy (non-hydrogen) atoms. The Morgan fingerprint density at radius 3 is 2.81 bits per heavy atom. The summed E-state index contributed by atoms with van der Waals surface area (Å²) < 4.78 is 12.6. The molecule has 0 aromatic heterocycles. The summed E-state index contributed by atoms with van der Waals surface area (Å²) in [6.07, 6.45) is 3.19. The Morgan fingerprint density at radius 2 is 2.05 bits per heavy atom. The van der Waals surface area contributed by atoms with Crippen LogP contribution in [0.3, 0.4) is 0 Å². The molecule has 0 aliphatic carbocycles. The predicted molar refractivity (Wildman–Crippen MR) is 90.6 cm³/mol. The molecule has 3 rings (SSSR count). The average Bonchev–Trinajstić information content (AvgIpc) is 2.50. The van der Waals surface area contributed by atoms with Crippen molar-refractivity contribution in [3.63, 3.8) is 0 Å². The third-order valence-corrected chi connectivity index (χ3v) is 5.88. The maximum absolute atomic E-state index is 10.8. The molecule has 116 valence electrons. The van der Waals surface area contributed by atoms with Gasteiger partial charge >= 0.3 is 0 Å². The minimum atomic E-state index is -0.473. The number of aliphatic hydroxyl groups is 1. The molecule has 2 unspecified atom stereocenters. The Kier molecular flexibility index (Phi) is 5.11. The van der Waals surface area contributed by atoms with E-state index < -0.39 is 6.10 Å². The molecule has 1 aromatic rings. The number of benzene rings is 1. The first kappa shape index (κ1) is 16.0. The normalized spacial score (nSPS) is 26.7. The number of ether oxygens (including phenoxy) is 2. The molecule has 2 aliphatic rings. The molecular weight excluding hydrogens is 403 g/mol. The van der Waals surface area contributed by atoms with Gasteiger partial charge in [0.25, 0.3) is 0 Å². The van der Waals surface area contributed by atoms with Crippen LogP contribution in [0.15, 0.2) is 18.2 Å². The number of hydrogen-bond donors (Lipinski definition) is 1. The van der Waals surface area contributed by atoms with Crippen LogP contribution in [0.25, 0.3) is 0 Å². The van der Waals surface area contributed by atoms with Crippen molar-refractivity contribution in [1.29, 1.82) is 0 Å². The first-order valence-corrected chi connectivity index (χ1v) is 8.90. The molecule has 1 spiro atoms. The highest BCUT2D eigenvalue weighted by molar-refractivity contribution is 14.1. The molecular formula is C16H20ClIO3. The zero-order chi connectivity index (χ0) is 14.9. The number of aliphatic hydroxyl groups excluding tert-OH is 1. The van der Waals surface area contributed by atoms with Crippen molar-refractivity contribution in [2.24, 2.45) is 5.92 Å². The lowest BCUT2D eigenvalue weighted by Crippen LogP contribution is -2.45. The van der Waals surface area contributed by atoms with Crippen molar-refractivity contribution >= 4 is 34.2 Å². The Labute approximate surface area is 144 Å². The lowest BCUT2D eigenvalue weighted by molar-refractivity contribution is -0.159. The van der Waals surface area contributed by atoms with E-state index in [9.17, 15) is 5.11 Å². The quantitative estimate of drug-likeness (QED) is 0.734. The fraction of sp³-hybridized carbons (Fsp3) is 0.625. The molecule has 0 bridgehead atoms. The SMILES string of the molecule is OC(c1cc(Cl)ccc1I)C1CCOC2(CCOCC2)C1. The van der Waals surface area contributed by atoms with Crippen LogP contribution in [0.5, 0.6) is 0 Å². The summed E-state index contributed by atoms with van der Waals surface area (Å²) in [7, 11) is 0. The smallest absolute Gasteiger partial charge is 0.0830 e. The Balaban J connectivity index is 1.77. The van der Waals surface area contributed by atoms with Gasteiger partial charge in [-0.2, -0.15) is 0 Å². The number of halogens is 2. The second-order valence-corrected chi connectivity index (χ2v) is 7.61. The first-order valence-electron chi connectivity index (χ1n) is 7.44. The van der Waals surface area contributed by atoms with Gasteiger partial charge in [-0.3, -0.25) is 0 Å². The van der Waals surface area contributed by atoms with Gasteiger partial charge < -0.3 is 14.6 Å². The molecule has 1 aromatic carbocycles. The average molecular weight is 423 g/mol. The Hall–Kier alpha value is 0.120. The van der Waals surface area contributed by atoms with E-state index >= 15 is 0 Å². The molecule has 1 N–H and O–H groups in total. The molecule has 2 atom stereocenters. The van der Waals surface area contributed by atoms with Gasteiger partial charge in [0.15, 0.2) is 0 Å². The van der Waals surface area contributed by atoms with E-state index in [0.29, 0.717) is 5.02 Å². The minimum Gasteiger partial charge on any atom is -0.388 e. The molecule has 5 heteroatoms. The van der Waals surface area contributed by atoms with Gasteiger partial charge in [0.05, 0.1) is 11.7 Å². The van der Waals surface area contributed by atoms with E-state index in [1.807, 2.05) is 18.2 Å². The second kappa shape index (κ2) is 6.71. The van der Waals surface area contributed by atoms with Crippen LogP contribution in [-0.2, 0) is 9.47 Å². The highest BCUT2D eigenvalue weighted by Crippen LogP contribution is 2.42. The first-order chi connectivity index (χ1) is 10.1. The second-order valence-electron chi connectivity index (χ2n) is 6.01. The van der Waals surface area contributed by atoms with Crippen LogP contribution in [0.4, 0.5) is 0 Å². The van der Waals surface area contributed by atoms with Crippen molar-refractivity contribution in [2.75, 3.05) is 19.8 Å². The van der Waals surface area contributed by atoms with Gasteiger partial charge in [0.2, 0.25) is 0 Å². The Bertz CT molecular complexity index is 497. The molecule has 0 amide bonds. The van der Waals surface area contributed by atoms with Crippen LogP contribution in [0.1, 0.15) is 37.4 Å². The summed E-state index contributed by atoms with van der Waals surface area (Å²) in [5.41, 5.74) is 0.851. The van der Waals surface area contributed by atoms with E-state index in [2.05, 4.69) is 22.6 Å². The van der Waals surface area contributed by atoms with Gasteiger partial charge in [-0.05, 0) is 78.0 Å². The summed E-state index contributed by atoms with van der Waals surface area (Å²) >= 11 is 8.35. The third kappa shape index (κ3) is 3.55. The molecule has 2 fully saturated rings.